The summed E-state index contributed by atoms with van der Waals surface area (Å²) in [5.74, 6) is -0.596. The number of nitrogens with one attached hydrogen (secondary N) is 2. The van der Waals surface area contributed by atoms with Crippen molar-refractivity contribution in [3.05, 3.63) is 66.6 Å². The predicted octanol–water partition coefficient (Wildman–Crippen LogP) is 3.97. The molecule has 0 saturated carbocycles. The number of para-hydroxylation sites is 2. The molecule has 0 spiro atoms. The van der Waals surface area contributed by atoms with Gasteiger partial charge in [-0.25, -0.2) is 14.8 Å². The van der Waals surface area contributed by atoms with Crippen molar-refractivity contribution in [3.63, 3.8) is 0 Å². The van der Waals surface area contributed by atoms with Crippen LogP contribution < -0.4 is 5.32 Å². The molecule has 7 heteroatoms. The number of anilines is 1. The van der Waals surface area contributed by atoms with E-state index in [2.05, 4.69) is 20.3 Å². The lowest BCUT2D eigenvalue weighted by molar-refractivity contribution is -0.137. The van der Waals surface area contributed by atoms with E-state index in [0.717, 1.165) is 21.9 Å². The highest BCUT2D eigenvalue weighted by molar-refractivity contribution is 6.05. The zero-order chi connectivity index (χ0) is 19.1. The monoisotopic (exact) mass is 372 g/mol. The fourth-order valence-electron chi connectivity index (χ4n) is 3.51. The van der Waals surface area contributed by atoms with E-state index < -0.39 is 12.0 Å². The van der Waals surface area contributed by atoms with E-state index in [1.807, 2.05) is 54.7 Å². The molecule has 0 aliphatic heterocycles. The Balaban J connectivity index is 1.53. The van der Waals surface area contributed by atoms with Gasteiger partial charge in [-0.2, -0.15) is 0 Å². The zero-order valence-electron chi connectivity index (χ0n) is 14.7. The average molecular weight is 372 g/mol. The van der Waals surface area contributed by atoms with E-state index in [1.54, 1.807) is 0 Å². The topological polar surface area (TPSA) is 104 Å². The smallest absolute Gasteiger partial charge is 0.326 e. The summed E-state index contributed by atoms with van der Waals surface area (Å²) in [6.45, 7) is 0. The molecular weight excluding hydrogens is 356 g/mol. The molecule has 2 aromatic carbocycles. The number of furan rings is 1. The van der Waals surface area contributed by atoms with Gasteiger partial charge in [-0.05, 0) is 23.8 Å². The van der Waals surface area contributed by atoms with Gasteiger partial charge in [0.2, 0.25) is 0 Å². The Morgan fingerprint density at radius 3 is 2.75 bits per heavy atom. The number of aromatic amines is 1. The van der Waals surface area contributed by atoms with Crippen LogP contribution in [0.1, 0.15) is 5.56 Å². The molecule has 0 aliphatic rings. The third-order valence-electron chi connectivity index (χ3n) is 4.87. The molecule has 138 valence electrons. The summed E-state index contributed by atoms with van der Waals surface area (Å²) in [7, 11) is 0. The minimum absolute atomic E-state index is 0.297. The van der Waals surface area contributed by atoms with Crippen LogP contribution >= 0.6 is 0 Å². The van der Waals surface area contributed by atoms with Gasteiger partial charge in [-0.1, -0.05) is 30.3 Å². The molecule has 0 fully saturated rings. The van der Waals surface area contributed by atoms with Crippen molar-refractivity contribution < 1.29 is 14.3 Å². The summed E-state index contributed by atoms with van der Waals surface area (Å²) in [6.07, 6.45) is 3.56. The van der Waals surface area contributed by atoms with Crippen molar-refractivity contribution in [2.45, 2.75) is 12.5 Å². The van der Waals surface area contributed by atoms with Crippen molar-refractivity contribution in [2.75, 3.05) is 5.32 Å². The molecule has 0 amide bonds. The van der Waals surface area contributed by atoms with Crippen molar-refractivity contribution in [1.29, 1.82) is 0 Å². The first-order valence-corrected chi connectivity index (χ1v) is 8.87. The van der Waals surface area contributed by atoms with Gasteiger partial charge < -0.3 is 19.8 Å². The first kappa shape index (κ1) is 16.3. The highest BCUT2D eigenvalue weighted by atomic mass is 16.4. The standard InChI is InChI=1S/C21H16N4O3/c26-21(27)16(9-12-10-22-15-7-3-1-5-13(12)15)25-20-19-18(23-11-24-20)14-6-2-4-8-17(14)28-19/h1-8,10-11,16,22H,9H2,(H,26,27)(H,23,24,25). The molecule has 5 aromatic rings. The Morgan fingerprint density at radius 1 is 1.11 bits per heavy atom. The number of nitrogens with zero attached hydrogens (tertiary/aromatic N) is 2. The third-order valence-corrected chi connectivity index (χ3v) is 4.87. The van der Waals surface area contributed by atoms with Crippen LogP contribution in [0.4, 0.5) is 5.82 Å². The molecule has 3 N–H and O–H groups in total. The predicted molar refractivity (Wildman–Crippen MR) is 106 cm³/mol. The van der Waals surface area contributed by atoms with Crippen molar-refractivity contribution in [1.82, 2.24) is 15.0 Å². The molecule has 0 bridgehead atoms. The first-order chi connectivity index (χ1) is 13.7. The number of carboxylic acid groups (broad SMARTS) is 1. The van der Waals surface area contributed by atoms with Crippen LogP contribution in [0.5, 0.6) is 0 Å². The first-order valence-electron chi connectivity index (χ1n) is 8.87. The average Bonchev–Trinajstić information content (AvgIpc) is 3.29. The Hall–Kier alpha value is -3.87. The number of aromatic nitrogens is 3. The van der Waals surface area contributed by atoms with Crippen LogP contribution in [0.2, 0.25) is 0 Å². The fraction of sp³-hybridized carbons (Fsp3) is 0.0952. The van der Waals surface area contributed by atoms with Gasteiger partial charge >= 0.3 is 5.97 Å². The minimum Gasteiger partial charge on any atom is -0.480 e. The summed E-state index contributed by atoms with van der Waals surface area (Å²) in [4.78, 5) is 23.6. The number of fused-ring (bicyclic) bond motifs is 4. The van der Waals surface area contributed by atoms with Gasteiger partial charge in [0.15, 0.2) is 11.4 Å². The van der Waals surface area contributed by atoms with Crippen LogP contribution in [0.15, 0.2) is 65.5 Å². The molecular formula is C21H16N4O3. The normalized spacial score (nSPS) is 12.6. The number of hydrogen-bond acceptors (Lipinski definition) is 5. The quantitative estimate of drug-likeness (QED) is 0.431. The second-order valence-electron chi connectivity index (χ2n) is 6.60. The molecule has 3 heterocycles. The van der Waals surface area contributed by atoms with Crippen molar-refractivity contribution in [2.24, 2.45) is 0 Å². The van der Waals surface area contributed by atoms with E-state index >= 15 is 0 Å². The molecule has 5 rings (SSSR count). The third kappa shape index (κ3) is 2.64. The number of aliphatic carboxylic acids is 1. The van der Waals surface area contributed by atoms with E-state index in [-0.39, 0.29) is 0 Å². The fourth-order valence-corrected chi connectivity index (χ4v) is 3.51. The number of benzene rings is 2. The number of carboxylic acids is 1. The second kappa shape index (κ2) is 6.38. The Bertz CT molecular complexity index is 1320. The summed E-state index contributed by atoms with van der Waals surface area (Å²) >= 11 is 0. The second-order valence-corrected chi connectivity index (χ2v) is 6.60. The number of rotatable bonds is 5. The number of carbonyl (C=O) groups is 1. The minimum atomic E-state index is -0.965. The summed E-state index contributed by atoms with van der Waals surface area (Å²) in [5, 5.41) is 14.7. The van der Waals surface area contributed by atoms with Crippen molar-refractivity contribution in [3.8, 4) is 0 Å². The van der Waals surface area contributed by atoms with Crippen LogP contribution in [0, 0.1) is 0 Å². The van der Waals surface area contributed by atoms with E-state index in [0.29, 0.717) is 28.9 Å². The summed E-state index contributed by atoms with van der Waals surface area (Å²) < 4.78 is 5.88. The van der Waals surface area contributed by atoms with Gasteiger partial charge in [-0.15, -0.1) is 0 Å². The molecule has 0 saturated heterocycles. The maximum Gasteiger partial charge on any atom is 0.326 e. The van der Waals surface area contributed by atoms with E-state index in [4.69, 9.17) is 4.42 Å². The SMILES string of the molecule is O=C(O)C(Cc1c[nH]c2ccccc12)Nc1ncnc2c1oc1ccccc12. The van der Waals surface area contributed by atoms with Crippen LogP contribution in [-0.4, -0.2) is 32.1 Å². The van der Waals surface area contributed by atoms with Gasteiger partial charge in [-0.3, -0.25) is 0 Å². The summed E-state index contributed by atoms with van der Waals surface area (Å²) in [6, 6.07) is 14.5. The summed E-state index contributed by atoms with van der Waals surface area (Å²) in [5.41, 5.74) is 3.69. The zero-order valence-corrected chi connectivity index (χ0v) is 14.7. The number of hydrogen-bond donors (Lipinski definition) is 3. The Kier molecular flexibility index (Phi) is 3.72. The molecule has 1 atom stereocenters. The maximum atomic E-state index is 11.9. The lowest BCUT2D eigenvalue weighted by Gasteiger charge is -2.14. The number of H-pyrrole nitrogens is 1. The molecule has 1 unspecified atom stereocenters. The van der Waals surface area contributed by atoms with Crippen LogP contribution in [0.3, 0.4) is 0 Å². The molecule has 7 nitrogen and oxygen atoms in total. The van der Waals surface area contributed by atoms with Crippen LogP contribution in [0.25, 0.3) is 33.0 Å². The van der Waals surface area contributed by atoms with Gasteiger partial charge in [0.1, 0.15) is 23.5 Å². The lowest BCUT2D eigenvalue weighted by atomic mass is 10.0. The lowest BCUT2D eigenvalue weighted by Crippen LogP contribution is -2.31. The molecule has 28 heavy (non-hydrogen) atoms. The molecule has 3 aromatic heterocycles. The van der Waals surface area contributed by atoms with E-state index in [1.165, 1.54) is 6.33 Å². The van der Waals surface area contributed by atoms with Crippen molar-refractivity contribution >= 4 is 44.8 Å². The highest BCUT2D eigenvalue weighted by Crippen LogP contribution is 2.31. The molecule has 0 aliphatic carbocycles. The maximum absolute atomic E-state index is 11.9. The Labute approximate surface area is 159 Å². The van der Waals surface area contributed by atoms with Crippen LogP contribution in [-0.2, 0) is 11.2 Å². The van der Waals surface area contributed by atoms with E-state index in [9.17, 15) is 9.90 Å². The molecule has 0 radical (unpaired) electrons. The highest BCUT2D eigenvalue weighted by Gasteiger charge is 2.22. The van der Waals surface area contributed by atoms with Gasteiger partial charge in [0.05, 0.1) is 0 Å². The van der Waals surface area contributed by atoms with Gasteiger partial charge in [0.25, 0.3) is 0 Å². The van der Waals surface area contributed by atoms with Gasteiger partial charge in [0, 0.05) is 28.9 Å². The Morgan fingerprint density at radius 2 is 1.89 bits per heavy atom. The largest absolute Gasteiger partial charge is 0.480 e.